The highest BCUT2D eigenvalue weighted by atomic mass is 32.2. The molecule has 0 amide bonds. The molecule has 1 aromatic carbocycles. The first-order valence-electron chi connectivity index (χ1n) is 5.70. The summed E-state index contributed by atoms with van der Waals surface area (Å²) in [4.78, 5) is 2.71. The quantitative estimate of drug-likeness (QED) is 0.778. The largest absolute Gasteiger partial charge is 0.497 e. The minimum Gasteiger partial charge on any atom is -0.497 e. The van der Waals surface area contributed by atoms with Crippen LogP contribution < -0.4 is 15.2 Å². The van der Waals surface area contributed by atoms with E-state index in [0.717, 1.165) is 6.07 Å². The van der Waals surface area contributed by atoms with Crippen LogP contribution in [0, 0.1) is 5.82 Å². The van der Waals surface area contributed by atoms with Crippen LogP contribution >= 0.6 is 0 Å². The predicted octanol–water partition coefficient (Wildman–Crippen LogP) is 1.42. The molecule has 0 fully saturated rings. The van der Waals surface area contributed by atoms with Gasteiger partial charge in [0.15, 0.2) is 0 Å². The molecule has 0 aliphatic heterocycles. The molecule has 0 radical (unpaired) electrons. The second-order valence-electron chi connectivity index (χ2n) is 4.02. The molecular formula is C12H14FN3O3S. The van der Waals surface area contributed by atoms with Crippen molar-refractivity contribution in [2.24, 2.45) is 5.73 Å². The molecule has 108 valence electrons. The average Bonchev–Trinajstić information content (AvgIpc) is 2.91. The highest BCUT2D eigenvalue weighted by Gasteiger charge is 2.18. The molecule has 20 heavy (non-hydrogen) atoms. The third-order valence-corrected chi connectivity index (χ3v) is 4.01. The van der Waals surface area contributed by atoms with Gasteiger partial charge in [0, 0.05) is 24.5 Å². The highest BCUT2D eigenvalue weighted by Crippen LogP contribution is 2.24. The fraction of sp³-hybridized carbons (Fsp3) is 0.167. The van der Waals surface area contributed by atoms with Crippen molar-refractivity contribution >= 4 is 15.7 Å². The molecule has 2 aromatic rings. The van der Waals surface area contributed by atoms with Crippen LogP contribution in [0.2, 0.25) is 0 Å². The number of methoxy groups -OCH3 is 1. The smallest absolute Gasteiger partial charge is 0.263 e. The summed E-state index contributed by atoms with van der Waals surface area (Å²) < 4.78 is 44.9. The van der Waals surface area contributed by atoms with E-state index in [1.165, 1.54) is 31.5 Å². The van der Waals surface area contributed by atoms with E-state index in [1.807, 2.05) is 0 Å². The lowest BCUT2D eigenvalue weighted by atomic mass is 10.3. The number of aromatic amines is 1. The summed E-state index contributed by atoms with van der Waals surface area (Å²) in [5.74, 6) is -0.343. The van der Waals surface area contributed by atoms with E-state index in [9.17, 15) is 12.8 Å². The van der Waals surface area contributed by atoms with Crippen LogP contribution in [0.15, 0.2) is 35.4 Å². The first kappa shape index (κ1) is 14.4. The molecule has 2 rings (SSSR count). The fourth-order valence-electron chi connectivity index (χ4n) is 1.61. The molecule has 1 heterocycles. The van der Waals surface area contributed by atoms with Crippen molar-refractivity contribution in [2.45, 2.75) is 11.4 Å². The van der Waals surface area contributed by atoms with Gasteiger partial charge in [0.1, 0.15) is 16.5 Å². The van der Waals surface area contributed by atoms with Gasteiger partial charge in [-0.05, 0) is 18.2 Å². The SMILES string of the molecule is COc1ccc(F)c(NS(=O)(=O)c2c[nH]c(CN)c2)c1. The minimum absolute atomic E-state index is 0.0137. The van der Waals surface area contributed by atoms with Crippen molar-refractivity contribution in [1.29, 1.82) is 0 Å². The van der Waals surface area contributed by atoms with Crippen molar-refractivity contribution in [2.75, 3.05) is 11.8 Å². The number of sulfonamides is 1. The van der Waals surface area contributed by atoms with E-state index in [4.69, 9.17) is 10.5 Å². The average molecular weight is 299 g/mol. The van der Waals surface area contributed by atoms with E-state index < -0.39 is 15.8 Å². The molecule has 0 aliphatic carbocycles. The lowest BCUT2D eigenvalue weighted by Crippen LogP contribution is -2.13. The van der Waals surface area contributed by atoms with Crippen LogP contribution in [-0.2, 0) is 16.6 Å². The van der Waals surface area contributed by atoms with Crippen molar-refractivity contribution < 1.29 is 17.5 Å². The summed E-state index contributed by atoms with van der Waals surface area (Å²) in [6, 6.07) is 5.18. The topological polar surface area (TPSA) is 97.2 Å². The van der Waals surface area contributed by atoms with Gasteiger partial charge < -0.3 is 15.5 Å². The summed E-state index contributed by atoms with van der Waals surface area (Å²) in [5.41, 5.74) is 5.78. The number of hydrogen-bond donors (Lipinski definition) is 3. The van der Waals surface area contributed by atoms with Crippen molar-refractivity contribution in [3.05, 3.63) is 42.0 Å². The van der Waals surface area contributed by atoms with Crippen LogP contribution in [0.3, 0.4) is 0 Å². The Labute approximate surface area is 115 Å². The number of H-pyrrole nitrogens is 1. The van der Waals surface area contributed by atoms with Gasteiger partial charge in [-0.25, -0.2) is 12.8 Å². The number of nitrogens with two attached hydrogens (primary N) is 1. The molecule has 0 saturated heterocycles. The number of anilines is 1. The molecule has 0 saturated carbocycles. The van der Waals surface area contributed by atoms with Gasteiger partial charge in [-0.1, -0.05) is 0 Å². The maximum absolute atomic E-state index is 13.6. The highest BCUT2D eigenvalue weighted by molar-refractivity contribution is 7.92. The van der Waals surface area contributed by atoms with Gasteiger partial charge >= 0.3 is 0 Å². The predicted molar refractivity (Wildman–Crippen MR) is 72.4 cm³/mol. The Balaban J connectivity index is 2.32. The Morgan fingerprint density at radius 1 is 1.40 bits per heavy atom. The first-order chi connectivity index (χ1) is 9.46. The van der Waals surface area contributed by atoms with Gasteiger partial charge in [0.2, 0.25) is 0 Å². The summed E-state index contributed by atoms with van der Waals surface area (Å²) in [5, 5.41) is 0. The van der Waals surface area contributed by atoms with Gasteiger partial charge in [0.25, 0.3) is 10.0 Å². The zero-order chi connectivity index (χ0) is 14.8. The first-order valence-corrected chi connectivity index (χ1v) is 7.18. The molecule has 0 unspecified atom stereocenters. The fourth-order valence-corrected chi connectivity index (χ4v) is 2.68. The number of halogens is 1. The van der Waals surface area contributed by atoms with Crippen LogP contribution in [0.4, 0.5) is 10.1 Å². The molecule has 8 heteroatoms. The summed E-state index contributed by atoms with van der Waals surface area (Å²) in [7, 11) is -2.47. The number of benzene rings is 1. The van der Waals surface area contributed by atoms with E-state index in [-0.39, 0.29) is 17.1 Å². The number of aromatic nitrogens is 1. The van der Waals surface area contributed by atoms with Crippen molar-refractivity contribution in [3.63, 3.8) is 0 Å². The third kappa shape index (κ3) is 2.91. The Morgan fingerprint density at radius 3 is 2.75 bits per heavy atom. The molecule has 0 atom stereocenters. The molecule has 0 bridgehead atoms. The molecule has 4 N–H and O–H groups in total. The zero-order valence-corrected chi connectivity index (χ0v) is 11.5. The summed E-state index contributed by atoms with van der Waals surface area (Å²) in [6.07, 6.45) is 1.29. The molecule has 0 aliphatic rings. The second kappa shape index (κ2) is 5.51. The summed E-state index contributed by atoms with van der Waals surface area (Å²) in [6.45, 7) is 0.184. The normalized spacial score (nSPS) is 11.3. The number of nitrogens with one attached hydrogen (secondary N) is 2. The van der Waals surface area contributed by atoms with Crippen LogP contribution in [0.5, 0.6) is 5.75 Å². The van der Waals surface area contributed by atoms with Gasteiger partial charge in [-0.3, -0.25) is 4.72 Å². The van der Waals surface area contributed by atoms with E-state index >= 15 is 0 Å². The zero-order valence-electron chi connectivity index (χ0n) is 10.7. The monoisotopic (exact) mass is 299 g/mol. The van der Waals surface area contributed by atoms with Gasteiger partial charge in [-0.2, -0.15) is 0 Å². The number of hydrogen-bond acceptors (Lipinski definition) is 4. The lowest BCUT2D eigenvalue weighted by molar-refractivity contribution is 0.414. The van der Waals surface area contributed by atoms with Crippen LogP contribution in [0.1, 0.15) is 5.69 Å². The minimum atomic E-state index is -3.88. The van der Waals surface area contributed by atoms with E-state index in [1.54, 1.807) is 0 Å². The molecule has 1 aromatic heterocycles. The Hall–Kier alpha value is -2.06. The van der Waals surface area contributed by atoms with Crippen molar-refractivity contribution in [1.82, 2.24) is 4.98 Å². The number of ether oxygens (including phenoxy) is 1. The third-order valence-electron chi connectivity index (χ3n) is 2.66. The maximum atomic E-state index is 13.6. The van der Waals surface area contributed by atoms with Crippen LogP contribution in [0.25, 0.3) is 0 Å². The Bertz CT molecular complexity index is 712. The van der Waals surface area contributed by atoms with E-state index in [2.05, 4.69) is 9.71 Å². The Morgan fingerprint density at radius 2 is 2.15 bits per heavy atom. The summed E-state index contributed by atoms with van der Waals surface area (Å²) >= 11 is 0. The van der Waals surface area contributed by atoms with Crippen LogP contribution in [-0.4, -0.2) is 20.5 Å². The van der Waals surface area contributed by atoms with Gasteiger partial charge in [-0.15, -0.1) is 0 Å². The van der Waals surface area contributed by atoms with Crippen molar-refractivity contribution in [3.8, 4) is 5.75 Å². The van der Waals surface area contributed by atoms with E-state index in [0.29, 0.717) is 11.4 Å². The van der Waals surface area contributed by atoms with Gasteiger partial charge in [0.05, 0.1) is 12.8 Å². The second-order valence-corrected chi connectivity index (χ2v) is 5.70. The molecule has 0 spiro atoms. The standard InChI is InChI=1S/C12H14FN3O3S/c1-19-9-2-3-11(13)12(5-9)16-20(17,18)10-4-8(6-14)15-7-10/h2-5,7,15-16H,6,14H2,1H3. The molecular weight excluding hydrogens is 285 g/mol. The number of rotatable bonds is 5. The molecule has 6 nitrogen and oxygen atoms in total. The maximum Gasteiger partial charge on any atom is 0.263 e. The lowest BCUT2D eigenvalue weighted by Gasteiger charge is -2.09. The Kier molecular flexibility index (Phi) is 3.96.